The van der Waals surface area contributed by atoms with E-state index in [1.165, 1.54) is 6.77 Å². The van der Waals surface area contributed by atoms with E-state index < -0.39 is 21.4 Å². The van der Waals surface area contributed by atoms with E-state index in [1.54, 1.807) is 12.1 Å². The van der Waals surface area contributed by atoms with Crippen LogP contribution >= 0.6 is 0 Å². The monoisotopic (exact) mass is 364 g/mol. The first-order valence-corrected chi connectivity index (χ1v) is 11.7. The predicted molar refractivity (Wildman–Crippen MR) is 80.6 cm³/mol. The van der Waals surface area contributed by atoms with Gasteiger partial charge in [0.15, 0.2) is 0 Å². The summed E-state index contributed by atoms with van der Waals surface area (Å²) in [4.78, 5) is 0. The molecule has 3 nitrogen and oxygen atoms in total. The Bertz CT molecular complexity index is 748. The molecule has 1 aromatic carbocycles. The molecule has 0 atom stereocenters. The SMILES string of the molecule is Cc1cccn1[C]1=C(C#N)C=[CH][In]1[c]1ccc(O)cc1. The molecule has 0 saturated heterocycles. The molecule has 20 heavy (non-hydrogen) atoms. The van der Waals surface area contributed by atoms with E-state index in [1.807, 2.05) is 30.5 Å². The van der Waals surface area contributed by atoms with Crippen molar-refractivity contribution in [2.75, 3.05) is 0 Å². The Hall–Kier alpha value is -1.86. The predicted octanol–water partition coefficient (Wildman–Crippen LogP) is 2.29. The first-order chi connectivity index (χ1) is 9.70. The number of hydrogen-bond donors (Lipinski definition) is 1. The van der Waals surface area contributed by atoms with Crippen molar-refractivity contribution in [1.82, 2.24) is 4.57 Å². The third-order valence-electron chi connectivity index (χ3n) is 3.61. The van der Waals surface area contributed by atoms with Gasteiger partial charge in [-0.3, -0.25) is 0 Å². The number of aryl methyl sites for hydroxylation is 1. The number of nitrogens with zero attached hydrogens (tertiary/aromatic N) is 2. The number of aromatic hydroxyl groups is 1. The van der Waals surface area contributed by atoms with E-state index >= 15 is 0 Å². The third kappa shape index (κ3) is 2.19. The second-order valence-electron chi connectivity index (χ2n) is 4.86. The summed E-state index contributed by atoms with van der Waals surface area (Å²) in [6.45, 7) is 2.06. The molecule has 0 aliphatic carbocycles. The number of rotatable bonds is 2. The summed E-state index contributed by atoms with van der Waals surface area (Å²) in [5, 5.41) is 18.8. The van der Waals surface area contributed by atoms with Gasteiger partial charge in [-0.25, -0.2) is 0 Å². The summed E-state index contributed by atoms with van der Waals surface area (Å²) in [7, 11) is 0. The van der Waals surface area contributed by atoms with Crippen molar-refractivity contribution in [3.05, 3.63) is 63.8 Å². The number of nitriles is 1. The zero-order valence-corrected chi connectivity index (χ0v) is 14.4. The molecule has 0 saturated carbocycles. The van der Waals surface area contributed by atoms with Crippen molar-refractivity contribution in [3.63, 3.8) is 0 Å². The Labute approximate surface area is 125 Å². The molecule has 0 fully saturated rings. The minimum atomic E-state index is -2.35. The van der Waals surface area contributed by atoms with Gasteiger partial charge in [-0.15, -0.1) is 0 Å². The number of benzene rings is 1. The molecule has 2 aromatic rings. The van der Waals surface area contributed by atoms with Gasteiger partial charge >= 0.3 is 126 Å². The average molecular weight is 364 g/mol. The number of phenols is 1. The van der Waals surface area contributed by atoms with Crippen LogP contribution in [0, 0.1) is 18.3 Å². The number of phenolic OH excluding ortho intramolecular Hbond substituents is 1. The van der Waals surface area contributed by atoms with Gasteiger partial charge in [-0.05, 0) is 0 Å². The summed E-state index contributed by atoms with van der Waals surface area (Å²) in [6, 6.07) is 13.8. The van der Waals surface area contributed by atoms with Crippen LogP contribution in [0.3, 0.4) is 0 Å². The molecule has 3 rings (SSSR count). The minimum absolute atomic E-state index is 0.283. The van der Waals surface area contributed by atoms with Gasteiger partial charge in [0.25, 0.3) is 0 Å². The Balaban J connectivity index is 2.11. The molecule has 1 N–H and O–H groups in total. The summed E-state index contributed by atoms with van der Waals surface area (Å²) in [5.41, 5.74) is 1.93. The molecular weight excluding hydrogens is 351 g/mol. The quantitative estimate of drug-likeness (QED) is 0.889. The average Bonchev–Trinajstić information content (AvgIpc) is 3.05. The molecular formula is C16H13InN2O. The van der Waals surface area contributed by atoms with Gasteiger partial charge in [-0.2, -0.15) is 0 Å². The second kappa shape index (κ2) is 5.26. The number of aromatic nitrogens is 1. The van der Waals surface area contributed by atoms with Crippen molar-refractivity contribution in [1.29, 1.82) is 5.26 Å². The van der Waals surface area contributed by atoms with Gasteiger partial charge in [0.1, 0.15) is 0 Å². The van der Waals surface area contributed by atoms with Crippen LogP contribution in [0.4, 0.5) is 0 Å². The molecule has 1 aromatic heterocycles. The Morgan fingerprint density at radius 1 is 1.20 bits per heavy atom. The van der Waals surface area contributed by atoms with Crippen LogP contribution in [0.25, 0.3) is 3.45 Å². The van der Waals surface area contributed by atoms with Gasteiger partial charge in [-0.1, -0.05) is 0 Å². The van der Waals surface area contributed by atoms with Crippen molar-refractivity contribution >= 4 is 28.2 Å². The molecule has 0 amide bonds. The van der Waals surface area contributed by atoms with Crippen LogP contribution in [0.2, 0.25) is 0 Å². The first kappa shape index (κ1) is 13.1. The van der Waals surface area contributed by atoms with E-state index in [0.29, 0.717) is 0 Å². The van der Waals surface area contributed by atoms with Gasteiger partial charge in [0, 0.05) is 0 Å². The van der Waals surface area contributed by atoms with Gasteiger partial charge in [0.2, 0.25) is 0 Å². The molecule has 0 spiro atoms. The molecule has 2 heterocycles. The molecule has 1 aliphatic rings. The van der Waals surface area contributed by atoms with Crippen molar-refractivity contribution in [2.45, 2.75) is 6.92 Å². The summed E-state index contributed by atoms with van der Waals surface area (Å²) in [6.07, 6.45) is 3.99. The number of allylic oxidation sites excluding steroid dienone is 2. The molecule has 1 aliphatic heterocycles. The van der Waals surface area contributed by atoms with Gasteiger partial charge in [0.05, 0.1) is 0 Å². The molecule has 0 bridgehead atoms. The summed E-state index contributed by atoms with van der Waals surface area (Å²) < 4.78 is 6.84. The second-order valence-corrected chi connectivity index (χ2v) is 12.1. The topological polar surface area (TPSA) is 49.0 Å². The van der Waals surface area contributed by atoms with E-state index in [0.717, 1.165) is 11.3 Å². The third-order valence-corrected chi connectivity index (χ3v) is 11.8. The van der Waals surface area contributed by atoms with Crippen LogP contribution in [-0.4, -0.2) is 31.1 Å². The fraction of sp³-hybridized carbons (Fsp3) is 0.0625. The fourth-order valence-electron chi connectivity index (χ4n) is 2.60. The maximum atomic E-state index is 9.43. The zero-order valence-electron chi connectivity index (χ0n) is 11.1. The first-order valence-electron chi connectivity index (χ1n) is 6.46. The summed E-state index contributed by atoms with van der Waals surface area (Å²) in [5.74, 6) is 0.283. The van der Waals surface area contributed by atoms with Crippen LogP contribution in [0.1, 0.15) is 5.69 Å². The normalized spacial score (nSPS) is 13.9. The summed E-state index contributed by atoms with van der Waals surface area (Å²) >= 11 is -2.35. The van der Waals surface area contributed by atoms with E-state index in [-0.39, 0.29) is 5.75 Å². The Morgan fingerprint density at radius 3 is 2.55 bits per heavy atom. The van der Waals surface area contributed by atoms with E-state index in [2.05, 4.69) is 27.5 Å². The maximum absolute atomic E-state index is 9.43. The van der Waals surface area contributed by atoms with Crippen LogP contribution in [0.5, 0.6) is 5.75 Å². The Morgan fingerprint density at radius 2 is 1.95 bits per heavy atom. The van der Waals surface area contributed by atoms with E-state index in [9.17, 15) is 10.4 Å². The fourth-order valence-corrected chi connectivity index (χ4v) is 10.6. The molecule has 96 valence electrons. The standard InChI is InChI=1S/C10H8N2.C6H5O.In/c1-3-10(7-11)8-12-6-4-5-9(12)2;7-6-4-2-1-3-5-6;/h1,3-6H,2H3;2-5,7H;. The van der Waals surface area contributed by atoms with Crippen LogP contribution in [0.15, 0.2) is 58.1 Å². The molecule has 4 heteroatoms. The Kier molecular flexibility index (Phi) is 3.45. The molecule has 0 unspecified atom stereocenters. The zero-order chi connectivity index (χ0) is 14.1. The van der Waals surface area contributed by atoms with E-state index in [4.69, 9.17) is 0 Å². The van der Waals surface area contributed by atoms with Crippen LogP contribution in [-0.2, 0) is 0 Å². The van der Waals surface area contributed by atoms with Crippen molar-refractivity contribution in [3.8, 4) is 11.8 Å². The van der Waals surface area contributed by atoms with Crippen molar-refractivity contribution < 1.29 is 5.11 Å². The van der Waals surface area contributed by atoms with Crippen molar-refractivity contribution in [2.24, 2.45) is 0 Å². The molecule has 0 radical (unpaired) electrons. The van der Waals surface area contributed by atoms with Gasteiger partial charge < -0.3 is 0 Å². The number of hydrogen-bond acceptors (Lipinski definition) is 2. The van der Waals surface area contributed by atoms with Crippen LogP contribution < -0.4 is 3.32 Å².